The lowest BCUT2D eigenvalue weighted by Crippen LogP contribution is -2.40. The quantitative estimate of drug-likeness (QED) is 0.425. The number of ether oxygens (including phenoxy) is 1. The molecule has 35 heavy (non-hydrogen) atoms. The van der Waals surface area contributed by atoms with Crippen molar-refractivity contribution in [2.45, 2.75) is 43.9 Å². The second-order valence-corrected chi connectivity index (χ2v) is 8.89. The number of amides is 1. The van der Waals surface area contributed by atoms with Crippen molar-refractivity contribution in [3.05, 3.63) is 70.4 Å². The molecule has 1 aliphatic rings. The second kappa shape index (κ2) is 10.1. The number of nitrogens with zero attached hydrogens (tertiary/aromatic N) is 1. The highest BCUT2D eigenvalue weighted by molar-refractivity contribution is 6.31. The topological polar surface area (TPSA) is 80.3 Å². The average Bonchev–Trinajstić information content (AvgIpc) is 2.84. The first kappa shape index (κ1) is 24.8. The molecule has 2 N–H and O–H groups in total. The zero-order chi connectivity index (χ0) is 25.2. The fourth-order valence-electron chi connectivity index (χ4n) is 4.21. The predicted octanol–water partition coefficient (Wildman–Crippen LogP) is 5.85. The Morgan fingerprint density at radius 3 is 2.23 bits per heavy atom. The van der Waals surface area contributed by atoms with Crippen LogP contribution < -0.4 is 10.6 Å². The molecule has 3 aromatic rings. The summed E-state index contributed by atoms with van der Waals surface area (Å²) in [6.45, 7) is 0. The van der Waals surface area contributed by atoms with Crippen LogP contribution in [-0.4, -0.2) is 36.1 Å². The molecule has 0 saturated heterocycles. The summed E-state index contributed by atoms with van der Waals surface area (Å²) in [6, 6.07) is 11.7. The summed E-state index contributed by atoms with van der Waals surface area (Å²) < 4.78 is 44.8. The van der Waals surface area contributed by atoms with E-state index in [9.17, 15) is 22.8 Å². The van der Waals surface area contributed by atoms with Crippen LogP contribution in [-0.2, 0) is 10.9 Å². The lowest BCUT2D eigenvalue weighted by atomic mass is 9.90. The number of nitrogens with one attached hydrogen (secondary N) is 2. The summed E-state index contributed by atoms with van der Waals surface area (Å²) in [6.07, 6.45) is -1.91. The van der Waals surface area contributed by atoms with Crippen LogP contribution in [0.25, 0.3) is 10.9 Å². The molecule has 0 unspecified atom stereocenters. The highest BCUT2D eigenvalue weighted by Crippen LogP contribution is 2.35. The lowest BCUT2D eigenvalue weighted by Gasteiger charge is -2.30. The van der Waals surface area contributed by atoms with Gasteiger partial charge in [0.25, 0.3) is 5.91 Å². The minimum absolute atomic E-state index is 0.0600. The van der Waals surface area contributed by atoms with Gasteiger partial charge in [0.05, 0.1) is 18.2 Å². The molecule has 1 aromatic heterocycles. The number of carbonyl (C=O) groups excluding carboxylic acids is 2. The van der Waals surface area contributed by atoms with Crippen molar-refractivity contribution >= 4 is 40.1 Å². The number of methoxy groups -OCH3 is 1. The van der Waals surface area contributed by atoms with Crippen LogP contribution in [0.1, 0.15) is 52.1 Å². The van der Waals surface area contributed by atoms with Gasteiger partial charge >= 0.3 is 12.1 Å². The van der Waals surface area contributed by atoms with Gasteiger partial charge in [-0.2, -0.15) is 13.2 Å². The second-order valence-electron chi connectivity index (χ2n) is 8.45. The molecule has 1 fully saturated rings. The van der Waals surface area contributed by atoms with E-state index >= 15 is 0 Å². The number of hydrogen-bond donors (Lipinski definition) is 2. The van der Waals surface area contributed by atoms with Crippen molar-refractivity contribution in [2.24, 2.45) is 0 Å². The molecule has 0 aliphatic heterocycles. The first-order chi connectivity index (χ1) is 16.6. The third kappa shape index (κ3) is 5.85. The standard InChI is InChI=1S/C25H23ClF3N3O3/c1-35-24(34)15-4-2-14(3-5-15)23(33)31-18-9-7-17(8-10-18)30-21-13-22(25(27,28)29)32-20-11-6-16(26)12-19(20)21/h2-6,11-13,17-18H,7-10H2,1H3,(H,30,32)(H,31,33)/t17-,18+. The van der Waals surface area contributed by atoms with Gasteiger partial charge in [-0.05, 0) is 74.2 Å². The molecule has 0 atom stereocenters. The normalized spacial score (nSPS) is 18.2. The van der Waals surface area contributed by atoms with E-state index in [-0.39, 0.29) is 23.5 Å². The Balaban J connectivity index is 1.40. The van der Waals surface area contributed by atoms with Gasteiger partial charge in [-0.3, -0.25) is 4.79 Å². The number of benzene rings is 2. The van der Waals surface area contributed by atoms with Gasteiger partial charge in [-0.25, -0.2) is 9.78 Å². The summed E-state index contributed by atoms with van der Waals surface area (Å²) in [5.74, 6) is -0.725. The van der Waals surface area contributed by atoms with E-state index in [1.54, 1.807) is 18.2 Å². The molecule has 0 bridgehead atoms. The van der Waals surface area contributed by atoms with Crippen LogP contribution >= 0.6 is 11.6 Å². The molecule has 0 spiro atoms. The fraction of sp³-hybridized carbons (Fsp3) is 0.320. The molecule has 1 heterocycles. The third-order valence-electron chi connectivity index (χ3n) is 6.05. The van der Waals surface area contributed by atoms with Gasteiger partial charge in [0.1, 0.15) is 5.69 Å². The van der Waals surface area contributed by atoms with Crippen LogP contribution in [0.2, 0.25) is 5.02 Å². The molecule has 4 rings (SSSR count). The van der Waals surface area contributed by atoms with E-state index in [1.165, 1.54) is 31.4 Å². The van der Waals surface area contributed by atoms with Crippen molar-refractivity contribution in [3.8, 4) is 0 Å². The fourth-order valence-corrected chi connectivity index (χ4v) is 4.38. The Kier molecular flexibility index (Phi) is 7.16. The van der Waals surface area contributed by atoms with Gasteiger partial charge < -0.3 is 15.4 Å². The Hall–Kier alpha value is -3.33. The maximum atomic E-state index is 13.4. The molecule has 1 amide bonds. The van der Waals surface area contributed by atoms with E-state index in [4.69, 9.17) is 11.6 Å². The highest BCUT2D eigenvalue weighted by Gasteiger charge is 2.34. The zero-order valence-electron chi connectivity index (χ0n) is 18.8. The van der Waals surface area contributed by atoms with Crippen LogP contribution in [0.15, 0.2) is 48.5 Å². The molecular formula is C25H23ClF3N3O3. The minimum atomic E-state index is -4.57. The van der Waals surface area contributed by atoms with Gasteiger partial charge in [0, 0.05) is 33.7 Å². The van der Waals surface area contributed by atoms with E-state index < -0.39 is 17.8 Å². The van der Waals surface area contributed by atoms with E-state index in [0.29, 0.717) is 52.9 Å². The van der Waals surface area contributed by atoms with Gasteiger partial charge in [0.15, 0.2) is 0 Å². The van der Waals surface area contributed by atoms with Gasteiger partial charge in [-0.1, -0.05) is 11.6 Å². The van der Waals surface area contributed by atoms with Crippen molar-refractivity contribution in [2.75, 3.05) is 12.4 Å². The van der Waals surface area contributed by atoms with E-state index in [2.05, 4.69) is 20.4 Å². The number of anilines is 1. The molecule has 6 nitrogen and oxygen atoms in total. The van der Waals surface area contributed by atoms with E-state index in [1.807, 2.05) is 0 Å². The predicted molar refractivity (Wildman–Crippen MR) is 127 cm³/mol. The van der Waals surface area contributed by atoms with Gasteiger partial charge in [-0.15, -0.1) is 0 Å². The highest BCUT2D eigenvalue weighted by atomic mass is 35.5. The van der Waals surface area contributed by atoms with Gasteiger partial charge in [0.2, 0.25) is 0 Å². The van der Waals surface area contributed by atoms with Crippen LogP contribution in [0, 0.1) is 0 Å². The average molecular weight is 506 g/mol. The number of esters is 1. The SMILES string of the molecule is COC(=O)c1ccc(C(=O)N[C@H]2CC[C@@H](Nc3cc(C(F)(F)F)nc4ccc(Cl)cc34)CC2)cc1. The first-order valence-electron chi connectivity index (χ1n) is 11.1. The van der Waals surface area contributed by atoms with E-state index in [0.717, 1.165) is 6.07 Å². The molecular weight excluding hydrogens is 483 g/mol. The number of carbonyl (C=O) groups is 2. The lowest BCUT2D eigenvalue weighted by molar-refractivity contribution is -0.140. The first-order valence-corrected chi connectivity index (χ1v) is 11.4. The van der Waals surface area contributed by atoms with Crippen LogP contribution in [0.4, 0.5) is 18.9 Å². The molecule has 184 valence electrons. The van der Waals surface area contributed by atoms with Crippen molar-refractivity contribution in [1.29, 1.82) is 0 Å². The molecule has 0 radical (unpaired) electrons. The number of alkyl halides is 3. The smallest absolute Gasteiger partial charge is 0.433 e. The molecule has 1 aliphatic carbocycles. The Labute approximate surface area is 204 Å². The summed E-state index contributed by atoms with van der Waals surface area (Å²) in [5, 5.41) is 7.16. The Bertz CT molecular complexity index is 1240. The maximum absolute atomic E-state index is 13.4. The summed E-state index contributed by atoms with van der Waals surface area (Å²) in [5.41, 5.74) is 0.370. The molecule has 1 saturated carbocycles. The number of halogens is 4. The van der Waals surface area contributed by atoms with Crippen LogP contribution in [0.5, 0.6) is 0 Å². The molecule has 2 aromatic carbocycles. The van der Waals surface area contributed by atoms with Crippen molar-refractivity contribution < 1.29 is 27.5 Å². The monoisotopic (exact) mass is 505 g/mol. The number of hydrogen-bond acceptors (Lipinski definition) is 5. The zero-order valence-corrected chi connectivity index (χ0v) is 19.5. The largest absolute Gasteiger partial charge is 0.465 e. The number of rotatable bonds is 5. The summed E-state index contributed by atoms with van der Waals surface area (Å²) in [7, 11) is 1.29. The minimum Gasteiger partial charge on any atom is -0.465 e. The Morgan fingerprint density at radius 1 is 0.971 bits per heavy atom. The number of pyridine rings is 1. The molecule has 10 heteroatoms. The maximum Gasteiger partial charge on any atom is 0.433 e. The van der Waals surface area contributed by atoms with Crippen molar-refractivity contribution in [3.63, 3.8) is 0 Å². The number of aromatic nitrogens is 1. The summed E-state index contributed by atoms with van der Waals surface area (Å²) >= 11 is 6.07. The summed E-state index contributed by atoms with van der Waals surface area (Å²) in [4.78, 5) is 27.9. The van der Waals surface area contributed by atoms with Crippen LogP contribution in [0.3, 0.4) is 0 Å². The number of fused-ring (bicyclic) bond motifs is 1. The Morgan fingerprint density at radius 2 is 1.60 bits per heavy atom. The third-order valence-corrected chi connectivity index (χ3v) is 6.29. The van der Waals surface area contributed by atoms with Crippen molar-refractivity contribution in [1.82, 2.24) is 10.3 Å².